The van der Waals surface area contributed by atoms with Crippen LogP contribution in [0.25, 0.3) is 5.69 Å². The van der Waals surface area contributed by atoms with Gasteiger partial charge in [-0.15, -0.1) is 15.0 Å². The van der Waals surface area contributed by atoms with Crippen molar-refractivity contribution < 1.29 is 8.78 Å². The summed E-state index contributed by atoms with van der Waals surface area (Å²) in [5.74, 6) is -0.775. The van der Waals surface area contributed by atoms with Gasteiger partial charge in [0.2, 0.25) is 0 Å². The summed E-state index contributed by atoms with van der Waals surface area (Å²) in [6.45, 7) is 0.924. The van der Waals surface area contributed by atoms with Crippen molar-refractivity contribution in [1.29, 1.82) is 0 Å². The third-order valence-corrected chi connectivity index (χ3v) is 2.88. The Balaban J connectivity index is 1.92. The van der Waals surface area contributed by atoms with E-state index in [0.717, 1.165) is 42.4 Å². The van der Waals surface area contributed by atoms with Crippen molar-refractivity contribution in [3.05, 3.63) is 35.7 Å². The van der Waals surface area contributed by atoms with Gasteiger partial charge < -0.3 is 5.32 Å². The van der Waals surface area contributed by atoms with Gasteiger partial charge in [-0.3, -0.25) is 0 Å². The van der Waals surface area contributed by atoms with E-state index in [1.165, 1.54) is 0 Å². The van der Waals surface area contributed by atoms with E-state index in [0.29, 0.717) is 5.82 Å². The highest BCUT2D eigenvalue weighted by Gasteiger charge is 2.21. The highest BCUT2D eigenvalue weighted by molar-refractivity contribution is 5.30. The number of benzene rings is 1. The third kappa shape index (κ3) is 2.08. The number of rotatable bonds is 2. The Morgan fingerprint density at radius 2 is 2.00 bits per heavy atom. The van der Waals surface area contributed by atoms with Crippen LogP contribution in [0, 0.1) is 11.6 Å². The quantitative estimate of drug-likeness (QED) is 0.875. The minimum Gasteiger partial charge on any atom is -0.307 e. The van der Waals surface area contributed by atoms with Crippen molar-refractivity contribution in [2.45, 2.75) is 18.9 Å². The zero-order valence-corrected chi connectivity index (χ0v) is 9.48. The van der Waals surface area contributed by atoms with Crippen LogP contribution in [-0.2, 0) is 0 Å². The predicted molar refractivity (Wildman–Crippen MR) is 59.0 cm³/mol. The molecule has 1 fully saturated rings. The molecule has 1 aliphatic rings. The van der Waals surface area contributed by atoms with Gasteiger partial charge in [-0.05, 0) is 24.6 Å². The fourth-order valence-corrected chi connectivity index (χ4v) is 2.03. The second kappa shape index (κ2) is 4.41. The lowest BCUT2D eigenvalue weighted by atomic mass is 10.2. The monoisotopic (exact) mass is 251 g/mol. The molecule has 1 aliphatic heterocycles. The lowest BCUT2D eigenvalue weighted by Gasteiger charge is -2.02. The van der Waals surface area contributed by atoms with Crippen LogP contribution >= 0.6 is 0 Å². The third-order valence-electron chi connectivity index (χ3n) is 2.88. The summed E-state index contributed by atoms with van der Waals surface area (Å²) < 4.78 is 26.2. The highest BCUT2D eigenvalue weighted by atomic mass is 19.1. The van der Waals surface area contributed by atoms with Crippen LogP contribution in [0.2, 0.25) is 0 Å². The van der Waals surface area contributed by atoms with Crippen LogP contribution in [-0.4, -0.2) is 26.8 Å². The van der Waals surface area contributed by atoms with Crippen molar-refractivity contribution in [3.8, 4) is 5.69 Å². The first kappa shape index (κ1) is 11.2. The molecule has 1 aromatic carbocycles. The number of tetrazole rings is 1. The van der Waals surface area contributed by atoms with Crippen molar-refractivity contribution in [2.24, 2.45) is 0 Å². The van der Waals surface area contributed by atoms with E-state index in [1.807, 2.05) is 0 Å². The molecule has 1 atom stereocenters. The minimum atomic E-state index is -0.664. The van der Waals surface area contributed by atoms with E-state index >= 15 is 0 Å². The van der Waals surface area contributed by atoms with Gasteiger partial charge in [0.15, 0.2) is 5.82 Å². The molecule has 0 amide bonds. The fourth-order valence-electron chi connectivity index (χ4n) is 2.03. The summed E-state index contributed by atoms with van der Waals surface area (Å²) in [5.41, 5.74) is 0.226. The Kier molecular flexibility index (Phi) is 2.75. The topological polar surface area (TPSA) is 55.6 Å². The maximum Gasteiger partial charge on any atom is 0.192 e. The average Bonchev–Trinajstić information content (AvgIpc) is 2.99. The molecule has 3 rings (SSSR count). The molecule has 7 heteroatoms. The molecule has 94 valence electrons. The number of halogens is 2. The summed E-state index contributed by atoms with van der Waals surface area (Å²) in [6.07, 6.45) is 2.01. The molecule has 0 bridgehead atoms. The van der Waals surface area contributed by atoms with Crippen LogP contribution in [0.5, 0.6) is 0 Å². The zero-order valence-electron chi connectivity index (χ0n) is 9.48. The molecule has 1 unspecified atom stereocenters. The van der Waals surface area contributed by atoms with Crippen molar-refractivity contribution >= 4 is 0 Å². The summed E-state index contributed by atoms with van der Waals surface area (Å²) in [6, 6.07) is 3.21. The molecule has 1 saturated heterocycles. The van der Waals surface area contributed by atoms with Gasteiger partial charge in [-0.25, -0.2) is 8.78 Å². The number of hydrogen-bond acceptors (Lipinski definition) is 4. The second-order valence-electron chi connectivity index (χ2n) is 4.21. The van der Waals surface area contributed by atoms with E-state index in [-0.39, 0.29) is 11.7 Å². The Morgan fingerprint density at radius 1 is 1.22 bits per heavy atom. The number of hydrogen-bond donors (Lipinski definition) is 1. The van der Waals surface area contributed by atoms with E-state index in [4.69, 9.17) is 0 Å². The van der Waals surface area contributed by atoms with E-state index < -0.39 is 11.6 Å². The number of nitrogens with zero attached hydrogens (tertiary/aromatic N) is 4. The van der Waals surface area contributed by atoms with Gasteiger partial charge in [-0.1, -0.05) is 0 Å². The fraction of sp³-hybridized carbons (Fsp3) is 0.364. The smallest absolute Gasteiger partial charge is 0.192 e. The van der Waals surface area contributed by atoms with Crippen LogP contribution in [0.1, 0.15) is 24.7 Å². The molecular formula is C11H11F2N5. The van der Waals surface area contributed by atoms with Gasteiger partial charge >= 0.3 is 0 Å². The Hall–Kier alpha value is -1.89. The standard InChI is InChI=1S/C11H11F2N5/c12-7-4-8(13)6-9(5-7)18-16-11(15-17-18)10-2-1-3-14-10/h4-6,10,14H,1-3H2. The summed E-state index contributed by atoms with van der Waals surface area (Å²) in [7, 11) is 0. The Morgan fingerprint density at radius 3 is 2.67 bits per heavy atom. The van der Waals surface area contributed by atoms with Crippen LogP contribution < -0.4 is 5.32 Å². The molecule has 0 aliphatic carbocycles. The minimum absolute atomic E-state index is 0.0807. The maximum atomic E-state index is 13.1. The second-order valence-corrected chi connectivity index (χ2v) is 4.21. The highest BCUT2D eigenvalue weighted by Crippen LogP contribution is 2.19. The average molecular weight is 251 g/mol. The van der Waals surface area contributed by atoms with Crippen LogP contribution in [0.3, 0.4) is 0 Å². The van der Waals surface area contributed by atoms with Crippen molar-refractivity contribution in [3.63, 3.8) is 0 Å². The molecule has 5 nitrogen and oxygen atoms in total. The summed E-state index contributed by atoms with van der Waals surface area (Å²) >= 11 is 0. The molecule has 2 heterocycles. The van der Waals surface area contributed by atoms with E-state index in [2.05, 4.69) is 20.7 Å². The molecule has 0 saturated carbocycles. The number of nitrogens with one attached hydrogen (secondary N) is 1. The van der Waals surface area contributed by atoms with Gasteiger partial charge in [0, 0.05) is 18.2 Å². The Labute approximate surface area is 102 Å². The first-order valence-electron chi connectivity index (χ1n) is 5.72. The van der Waals surface area contributed by atoms with Gasteiger partial charge in [0.05, 0.1) is 11.7 Å². The zero-order chi connectivity index (χ0) is 12.5. The molecule has 1 aromatic heterocycles. The first-order chi connectivity index (χ1) is 8.72. The lowest BCUT2D eigenvalue weighted by molar-refractivity contribution is 0.574. The molecule has 0 radical (unpaired) electrons. The van der Waals surface area contributed by atoms with Gasteiger partial charge in [0.25, 0.3) is 0 Å². The predicted octanol–water partition coefficient (Wildman–Crippen LogP) is 1.36. The molecule has 18 heavy (non-hydrogen) atoms. The lowest BCUT2D eigenvalue weighted by Crippen LogP contribution is -2.14. The molecular weight excluding hydrogens is 240 g/mol. The van der Waals surface area contributed by atoms with Crippen LogP contribution in [0.4, 0.5) is 8.78 Å². The summed E-state index contributed by atoms with van der Waals surface area (Å²) in [5, 5.41) is 15.1. The molecule has 0 spiro atoms. The van der Waals surface area contributed by atoms with E-state index in [1.54, 1.807) is 0 Å². The van der Waals surface area contributed by atoms with Crippen molar-refractivity contribution in [1.82, 2.24) is 25.5 Å². The van der Waals surface area contributed by atoms with Crippen molar-refractivity contribution in [2.75, 3.05) is 6.54 Å². The SMILES string of the molecule is Fc1cc(F)cc(-n2nnc(C3CCCN3)n2)c1. The molecule has 2 aromatic rings. The molecule has 1 N–H and O–H groups in total. The maximum absolute atomic E-state index is 13.1. The largest absolute Gasteiger partial charge is 0.307 e. The Bertz CT molecular complexity index is 542. The summed E-state index contributed by atoms with van der Waals surface area (Å²) in [4.78, 5) is 1.14. The number of aromatic nitrogens is 4. The first-order valence-corrected chi connectivity index (χ1v) is 5.72. The van der Waals surface area contributed by atoms with E-state index in [9.17, 15) is 8.78 Å². The van der Waals surface area contributed by atoms with Gasteiger partial charge in [0.1, 0.15) is 11.6 Å². The van der Waals surface area contributed by atoms with Gasteiger partial charge in [-0.2, -0.15) is 0 Å². The van der Waals surface area contributed by atoms with Crippen LogP contribution in [0.15, 0.2) is 18.2 Å². The normalized spacial score (nSPS) is 19.3.